The Kier molecular flexibility index (Phi) is 2.41. The van der Waals surface area contributed by atoms with Crippen LogP contribution >= 0.6 is 11.3 Å². The number of rotatable bonds is 2. The van der Waals surface area contributed by atoms with Crippen molar-refractivity contribution in [1.82, 2.24) is 4.98 Å². The van der Waals surface area contributed by atoms with Crippen molar-refractivity contribution < 1.29 is 0 Å². The van der Waals surface area contributed by atoms with Crippen molar-refractivity contribution in [2.75, 3.05) is 0 Å². The van der Waals surface area contributed by atoms with Gasteiger partial charge in [0.15, 0.2) is 0 Å². The molecule has 0 aliphatic heterocycles. The minimum Gasteiger partial charge on any atom is -0.245 e. The SMILES string of the molecule is CCc1cccc(-c2cscn2)c1. The molecule has 1 aromatic carbocycles. The zero-order valence-electron chi connectivity index (χ0n) is 7.53. The molecule has 1 aromatic heterocycles. The topological polar surface area (TPSA) is 12.9 Å². The van der Waals surface area contributed by atoms with E-state index in [4.69, 9.17) is 0 Å². The van der Waals surface area contributed by atoms with Crippen molar-refractivity contribution in [2.24, 2.45) is 0 Å². The van der Waals surface area contributed by atoms with Crippen LogP contribution in [0.5, 0.6) is 0 Å². The predicted molar refractivity (Wildman–Crippen MR) is 56.9 cm³/mol. The molecular formula is C11H11NS. The van der Waals surface area contributed by atoms with E-state index >= 15 is 0 Å². The molecule has 0 radical (unpaired) electrons. The fraction of sp³-hybridized carbons (Fsp3) is 0.182. The Hall–Kier alpha value is -1.15. The van der Waals surface area contributed by atoms with Crippen LogP contribution in [0.15, 0.2) is 35.2 Å². The highest BCUT2D eigenvalue weighted by Gasteiger charge is 1.99. The average Bonchev–Trinajstić information content (AvgIpc) is 2.71. The fourth-order valence-corrected chi connectivity index (χ4v) is 1.87. The normalized spacial score (nSPS) is 10.2. The Balaban J connectivity index is 2.41. The highest BCUT2D eigenvalue weighted by molar-refractivity contribution is 7.07. The molecule has 0 fully saturated rings. The summed E-state index contributed by atoms with van der Waals surface area (Å²) in [5.41, 5.74) is 5.54. The monoisotopic (exact) mass is 189 g/mol. The quantitative estimate of drug-likeness (QED) is 0.705. The van der Waals surface area contributed by atoms with E-state index in [0.717, 1.165) is 12.1 Å². The average molecular weight is 189 g/mol. The third kappa shape index (κ3) is 1.78. The molecule has 2 rings (SSSR count). The third-order valence-corrected chi connectivity index (χ3v) is 2.65. The Morgan fingerprint density at radius 3 is 3.00 bits per heavy atom. The van der Waals surface area contributed by atoms with Crippen LogP contribution in [0.4, 0.5) is 0 Å². The van der Waals surface area contributed by atoms with Gasteiger partial charge in [0.25, 0.3) is 0 Å². The lowest BCUT2D eigenvalue weighted by atomic mass is 10.1. The first-order valence-electron chi connectivity index (χ1n) is 4.37. The summed E-state index contributed by atoms with van der Waals surface area (Å²) in [5.74, 6) is 0. The summed E-state index contributed by atoms with van der Waals surface area (Å²) in [6.45, 7) is 2.17. The molecule has 0 bridgehead atoms. The van der Waals surface area contributed by atoms with Gasteiger partial charge >= 0.3 is 0 Å². The summed E-state index contributed by atoms with van der Waals surface area (Å²) in [4.78, 5) is 4.28. The zero-order valence-corrected chi connectivity index (χ0v) is 8.34. The van der Waals surface area contributed by atoms with E-state index in [9.17, 15) is 0 Å². The van der Waals surface area contributed by atoms with Gasteiger partial charge in [-0.1, -0.05) is 25.1 Å². The molecule has 2 heteroatoms. The van der Waals surface area contributed by atoms with E-state index in [0.29, 0.717) is 0 Å². The minimum atomic E-state index is 1.08. The Morgan fingerprint density at radius 2 is 2.31 bits per heavy atom. The maximum absolute atomic E-state index is 4.28. The Bertz CT molecular complexity index is 379. The third-order valence-electron chi connectivity index (χ3n) is 2.06. The summed E-state index contributed by atoms with van der Waals surface area (Å²) in [7, 11) is 0. The van der Waals surface area contributed by atoms with E-state index in [1.807, 2.05) is 5.51 Å². The first-order chi connectivity index (χ1) is 6.40. The highest BCUT2D eigenvalue weighted by atomic mass is 32.1. The van der Waals surface area contributed by atoms with Gasteiger partial charge in [-0.2, -0.15) is 0 Å². The number of hydrogen-bond acceptors (Lipinski definition) is 2. The molecule has 0 spiro atoms. The minimum absolute atomic E-state index is 1.08. The van der Waals surface area contributed by atoms with Gasteiger partial charge in [-0.05, 0) is 18.1 Å². The molecule has 0 aliphatic carbocycles. The number of benzene rings is 1. The van der Waals surface area contributed by atoms with Gasteiger partial charge in [-0.25, -0.2) is 4.98 Å². The van der Waals surface area contributed by atoms with Crippen LogP contribution in [0.1, 0.15) is 12.5 Å². The molecule has 2 aromatic rings. The predicted octanol–water partition coefficient (Wildman–Crippen LogP) is 3.37. The molecule has 66 valence electrons. The van der Waals surface area contributed by atoms with E-state index in [1.165, 1.54) is 11.1 Å². The van der Waals surface area contributed by atoms with Gasteiger partial charge in [-0.3, -0.25) is 0 Å². The van der Waals surface area contributed by atoms with E-state index in [-0.39, 0.29) is 0 Å². The summed E-state index contributed by atoms with van der Waals surface area (Å²) < 4.78 is 0. The first kappa shape index (κ1) is 8.45. The lowest BCUT2D eigenvalue weighted by Crippen LogP contribution is -1.81. The molecule has 0 saturated carbocycles. The van der Waals surface area contributed by atoms with Crippen LogP contribution in [0.25, 0.3) is 11.3 Å². The molecule has 0 saturated heterocycles. The summed E-state index contributed by atoms with van der Waals surface area (Å²) >= 11 is 1.64. The van der Waals surface area contributed by atoms with Gasteiger partial charge in [0.1, 0.15) is 0 Å². The molecule has 0 amide bonds. The van der Waals surface area contributed by atoms with Crippen molar-refractivity contribution in [1.29, 1.82) is 0 Å². The fourth-order valence-electron chi connectivity index (χ4n) is 1.31. The number of nitrogens with zero attached hydrogens (tertiary/aromatic N) is 1. The lowest BCUT2D eigenvalue weighted by Gasteiger charge is -1.99. The molecule has 0 atom stereocenters. The Labute approximate surface area is 82.1 Å². The second-order valence-corrected chi connectivity index (χ2v) is 3.65. The van der Waals surface area contributed by atoms with Crippen molar-refractivity contribution >= 4 is 11.3 Å². The smallest absolute Gasteiger partial charge is 0.0811 e. The molecule has 1 nitrogen and oxygen atoms in total. The summed E-state index contributed by atoms with van der Waals surface area (Å²) in [6.07, 6.45) is 1.08. The van der Waals surface area contributed by atoms with Crippen LogP contribution in [0.2, 0.25) is 0 Å². The number of thiazole rings is 1. The van der Waals surface area contributed by atoms with E-state index < -0.39 is 0 Å². The van der Waals surface area contributed by atoms with Crippen LogP contribution in [-0.4, -0.2) is 4.98 Å². The zero-order chi connectivity index (χ0) is 9.10. The van der Waals surface area contributed by atoms with Gasteiger partial charge < -0.3 is 0 Å². The summed E-state index contributed by atoms with van der Waals surface area (Å²) in [6, 6.07) is 8.55. The van der Waals surface area contributed by atoms with Gasteiger partial charge in [0.05, 0.1) is 11.2 Å². The summed E-state index contributed by atoms with van der Waals surface area (Å²) in [5, 5.41) is 2.08. The van der Waals surface area contributed by atoms with Crippen molar-refractivity contribution in [3.8, 4) is 11.3 Å². The first-order valence-corrected chi connectivity index (χ1v) is 5.32. The maximum Gasteiger partial charge on any atom is 0.0811 e. The van der Waals surface area contributed by atoms with Crippen LogP contribution < -0.4 is 0 Å². The van der Waals surface area contributed by atoms with Gasteiger partial charge in [-0.15, -0.1) is 11.3 Å². The Morgan fingerprint density at radius 1 is 1.38 bits per heavy atom. The lowest BCUT2D eigenvalue weighted by molar-refractivity contribution is 1.14. The molecular weight excluding hydrogens is 178 g/mol. The molecule has 0 aliphatic rings. The second-order valence-electron chi connectivity index (χ2n) is 2.93. The van der Waals surface area contributed by atoms with Crippen LogP contribution in [-0.2, 0) is 6.42 Å². The van der Waals surface area contributed by atoms with Crippen molar-refractivity contribution in [3.63, 3.8) is 0 Å². The standard InChI is InChI=1S/C11H11NS/c1-2-9-4-3-5-10(6-9)11-7-13-8-12-11/h3-8H,2H2,1H3. The van der Waals surface area contributed by atoms with Crippen LogP contribution in [0, 0.1) is 0 Å². The number of aromatic nitrogens is 1. The molecule has 0 N–H and O–H groups in total. The second kappa shape index (κ2) is 3.71. The number of aryl methyl sites for hydroxylation is 1. The van der Waals surface area contributed by atoms with Gasteiger partial charge in [0, 0.05) is 10.9 Å². The largest absolute Gasteiger partial charge is 0.245 e. The molecule has 0 unspecified atom stereocenters. The van der Waals surface area contributed by atoms with E-state index in [2.05, 4.69) is 41.6 Å². The van der Waals surface area contributed by atoms with Crippen molar-refractivity contribution in [3.05, 3.63) is 40.7 Å². The maximum atomic E-state index is 4.28. The van der Waals surface area contributed by atoms with E-state index in [1.54, 1.807) is 11.3 Å². The molecule has 1 heterocycles. The molecule has 13 heavy (non-hydrogen) atoms. The highest BCUT2D eigenvalue weighted by Crippen LogP contribution is 2.19. The number of hydrogen-bond donors (Lipinski definition) is 0. The van der Waals surface area contributed by atoms with Gasteiger partial charge in [0.2, 0.25) is 0 Å². The van der Waals surface area contributed by atoms with Crippen molar-refractivity contribution in [2.45, 2.75) is 13.3 Å². The van der Waals surface area contributed by atoms with Crippen LogP contribution in [0.3, 0.4) is 0 Å².